The summed E-state index contributed by atoms with van der Waals surface area (Å²) in [5.41, 5.74) is 6.28. The normalized spacial score (nSPS) is 16.5. The van der Waals surface area contributed by atoms with Gasteiger partial charge in [-0.2, -0.15) is 0 Å². The number of aryl methyl sites for hydroxylation is 2. The van der Waals surface area contributed by atoms with Crippen LogP contribution in [0.5, 0.6) is 0 Å². The quantitative estimate of drug-likeness (QED) is 0.649. The van der Waals surface area contributed by atoms with Crippen LogP contribution in [0.2, 0.25) is 0 Å². The molecule has 1 aliphatic rings. The zero-order chi connectivity index (χ0) is 15.5. The summed E-state index contributed by atoms with van der Waals surface area (Å²) in [6.07, 6.45) is 8.81. The highest BCUT2D eigenvalue weighted by atomic mass is 15.0. The number of rotatable bonds is 3. The lowest BCUT2D eigenvalue weighted by molar-refractivity contribution is 0.346. The van der Waals surface area contributed by atoms with Crippen LogP contribution in [0.1, 0.15) is 60.7 Å². The topological polar surface area (TPSA) is 17.3 Å². The van der Waals surface area contributed by atoms with Gasteiger partial charge in [0.05, 0.1) is 5.69 Å². The van der Waals surface area contributed by atoms with Gasteiger partial charge in [-0.25, -0.2) is 0 Å². The van der Waals surface area contributed by atoms with E-state index in [1.54, 1.807) is 0 Å². The molecule has 1 aromatic carbocycles. The Morgan fingerprint density at radius 1 is 1.00 bits per heavy atom. The van der Waals surface area contributed by atoms with E-state index < -0.39 is 0 Å². The number of hydrogen-bond donors (Lipinski definition) is 0. The molecule has 0 atom stereocenters. The summed E-state index contributed by atoms with van der Waals surface area (Å²) in [5.74, 6) is 0. The highest BCUT2D eigenvalue weighted by Crippen LogP contribution is 2.31. The first-order valence-corrected chi connectivity index (χ1v) is 8.44. The van der Waals surface area contributed by atoms with E-state index in [-0.39, 0.29) is 0 Å². The maximum Gasteiger partial charge on any atom is 0.0630 e. The number of aromatic nitrogens is 1. The molecular formula is C20H26N2. The van der Waals surface area contributed by atoms with Gasteiger partial charge in [0.15, 0.2) is 0 Å². The Morgan fingerprint density at radius 3 is 2.36 bits per heavy atom. The SMILES string of the molecule is Cc1ccc(N=Cc2cc(C)n(C3CCCCC3)c2C)cc1. The Hall–Kier alpha value is -1.83. The van der Waals surface area contributed by atoms with Gasteiger partial charge in [0.2, 0.25) is 0 Å². The van der Waals surface area contributed by atoms with Crippen molar-refractivity contribution >= 4 is 11.9 Å². The molecule has 0 aliphatic heterocycles. The van der Waals surface area contributed by atoms with E-state index in [1.165, 1.54) is 54.6 Å². The summed E-state index contributed by atoms with van der Waals surface area (Å²) in [6, 6.07) is 11.3. The molecule has 1 aliphatic carbocycles. The monoisotopic (exact) mass is 294 g/mol. The van der Waals surface area contributed by atoms with Crippen molar-refractivity contribution in [1.29, 1.82) is 0 Å². The molecular weight excluding hydrogens is 268 g/mol. The largest absolute Gasteiger partial charge is 0.345 e. The predicted octanol–water partition coefficient (Wildman–Crippen LogP) is 5.67. The Balaban J connectivity index is 1.84. The van der Waals surface area contributed by atoms with Gasteiger partial charge in [-0.3, -0.25) is 4.99 Å². The van der Waals surface area contributed by atoms with Gasteiger partial charge in [-0.15, -0.1) is 0 Å². The van der Waals surface area contributed by atoms with Gasteiger partial charge in [0, 0.05) is 29.2 Å². The highest BCUT2D eigenvalue weighted by Gasteiger charge is 2.19. The summed E-state index contributed by atoms with van der Waals surface area (Å²) in [6.45, 7) is 6.56. The lowest BCUT2D eigenvalue weighted by Gasteiger charge is -2.26. The molecule has 2 heteroatoms. The lowest BCUT2D eigenvalue weighted by atomic mass is 9.95. The Morgan fingerprint density at radius 2 is 1.68 bits per heavy atom. The molecule has 0 spiro atoms. The first-order chi connectivity index (χ1) is 10.6. The van der Waals surface area contributed by atoms with Gasteiger partial charge in [0.1, 0.15) is 0 Å². The van der Waals surface area contributed by atoms with Crippen molar-refractivity contribution in [3.05, 3.63) is 52.8 Å². The van der Waals surface area contributed by atoms with E-state index in [4.69, 9.17) is 0 Å². The van der Waals surface area contributed by atoms with Crippen molar-refractivity contribution in [3.63, 3.8) is 0 Å². The molecule has 0 saturated heterocycles. The van der Waals surface area contributed by atoms with Crippen LogP contribution in [0.25, 0.3) is 0 Å². The third-order valence-corrected chi connectivity index (χ3v) is 4.85. The van der Waals surface area contributed by atoms with E-state index in [0.717, 1.165) is 5.69 Å². The molecule has 3 rings (SSSR count). The third-order valence-electron chi connectivity index (χ3n) is 4.85. The molecule has 22 heavy (non-hydrogen) atoms. The first kappa shape index (κ1) is 15.1. The fourth-order valence-electron chi connectivity index (χ4n) is 3.61. The Bertz CT molecular complexity index is 656. The zero-order valence-electron chi connectivity index (χ0n) is 14.0. The van der Waals surface area contributed by atoms with Crippen LogP contribution in [0.4, 0.5) is 5.69 Å². The summed E-state index contributed by atoms with van der Waals surface area (Å²) in [7, 11) is 0. The molecule has 0 radical (unpaired) electrons. The Kier molecular flexibility index (Phi) is 4.47. The average Bonchev–Trinajstić information content (AvgIpc) is 2.82. The molecule has 1 heterocycles. The number of aliphatic imine (C=N–C) groups is 1. The van der Waals surface area contributed by atoms with E-state index in [0.29, 0.717) is 6.04 Å². The standard InChI is InChI=1S/C20H26N2/c1-15-9-11-19(12-10-15)21-14-18-13-16(2)22(17(18)3)20-7-5-4-6-8-20/h9-14,20H,4-8H2,1-3H3. The maximum atomic E-state index is 4.64. The van der Waals surface area contributed by atoms with Crippen molar-refractivity contribution in [2.24, 2.45) is 4.99 Å². The molecule has 1 aromatic heterocycles. The van der Waals surface area contributed by atoms with Gasteiger partial charge in [0.25, 0.3) is 0 Å². The van der Waals surface area contributed by atoms with Gasteiger partial charge >= 0.3 is 0 Å². The predicted molar refractivity (Wildman–Crippen MR) is 94.5 cm³/mol. The summed E-state index contributed by atoms with van der Waals surface area (Å²) in [4.78, 5) is 4.64. The van der Waals surface area contributed by atoms with Crippen LogP contribution in [0.15, 0.2) is 35.3 Å². The zero-order valence-corrected chi connectivity index (χ0v) is 14.0. The summed E-state index contributed by atoms with van der Waals surface area (Å²) < 4.78 is 2.54. The van der Waals surface area contributed by atoms with Crippen LogP contribution in [-0.4, -0.2) is 10.8 Å². The lowest BCUT2D eigenvalue weighted by Crippen LogP contribution is -2.15. The van der Waals surface area contributed by atoms with Gasteiger partial charge in [-0.05, 0) is 51.8 Å². The summed E-state index contributed by atoms with van der Waals surface area (Å²) >= 11 is 0. The molecule has 1 saturated carbocycles. The number of hydrogen-bond acceptors (Lipinski definition) is 1. The number of nitrogens with zero attached hydrogens (tertiary/aromatic N) is 2. The molecule has 0 bridgehead atoms. The van der Waals surface area contributed by atoms with E-state index in [2.05, 4.69) is 60.7 Å². The van der Waals surface area contributed by atoms with Crippen molar-refractivity contribution in [2.45, 2.75) is 58.9 Å². The van der Waals surface area contributed by atoms with E-state index >= 15 is 0 Å². The van der Waals surface area contributed by atoms with E-state index in [9.17, 15) is 0 Å². The van der Waals surface area contributed by atoms with Gasteiger partial charge in [-0.1, -0.05) is 37.0 Å². The molecule has 2 aromatic rings. The summed E-state index contributed by atoms with van der Waals surface area (Å²) in [5, 5.41) is 0. The van der Waals surface area contributed by atoms with Crippen LogP contribution in [0.3, 0.4) is 0 Å². The molecule has 2 nitrogen and oxygen atoms in total. The fraction of sp³-hybridized carbons (Fsp3) is 0.450. The van der Waals surface area contributed by atoms with Crippen LogP contribution in [0, 0.1) is 20.8 Å². The highest BCUT2D eigenvalue weighted by molar-refractivity contribution is 5.83. The number of benzene rings is 1. The third kappa shape index (κ3) is 3.16. The van der Waals surface area contributed by atoms with E-state index in [1.807, 2.05) is 6.21 Å². The van der Waals surface area contributed by atoms with Crippen LogP contribution < -0.4 is 0 Å². The molecule has 1 fully saturated rings. The van der Waals surface area contributed by atoms with Crippen LogP contribution in [-0.2, 0) is 0 Å². The van der Waals surface area contributed by atoms with Crippen molar-refractivity contribution < 1.29 is 0 Å². The molecule has 0 amide bonds. The molecule has 0 unspecified atom stereocenters. The van der Waals surface area contributed by atoms with Gasteiger partial charge < -0.3 is 4.57 Å². The van der Waals surface area contributed by atoms with Crippen LogP contribution >= 0.6 is 0 Å². The maximum absolute atomic E-state index is 4.64. The first-order valence-electron chi connectivity index (χ1n) is 8.44. The van der Waals surface area contributed by atoms with Crippen molar-refractivity contribution in [1.82, 2.24) is 4.57 Å². The second-order valence-corrected chi connectivity index (χ2v) is 6.58. The smallest absolute Gasteiger partial charge is 0.0630 e. The van der Waals surface area contributed by atoms with Crippen molar-refractivity contribution in [2.75, 3.05) is 0 Å². The fourth-order valence-corrected chi connectivity index (χ4v) is 3.61. The molecule has 0 N–H and O–H groups in total. The second-order valence-electron chi connectivity index (χ2n) is 6.58. The minimum Gasteiger partial charge on any atom is -0.345 e. The minimum atomic E-state index is 0.690. The van der Waals surface area contributed by atoms with Crippen molar-refractivity contribution in [3.8, 4) is 0 Å². The average molecular weight is 294 g/mol. The second kappa shape index (κ2) is 6.51. The minimum absolute atomic E-state index is 0.690. The Labute approximate surface area is 133 Å². The molecule has 116 valence electrons.